The van der Waals surface area contributed by atoms with Gasteiger partial charge in [0.05, 0.1) is 43.3 Å². The summed E-state index contributed by atoms with van der Waals surface area (Å²) < 4.78 is 5.36. The van der Waals surface area contributed by atoms with Gasteiger partial charge in [0, 0.05) is 44.6 Å². The lowest BCUT2D eigenvalue weighted by molar-refractivity contribution is 0.165. The van der Waals surface area contributed by atoms with Crippen LogP contribution in [0, 0.1) is 0 Å². The molecule has 0 atom stereocenters. The molecule has 0 fully saturated rings. The van der Waals surface area contributed by atoms with Gasteiger partial charge in [-0.15, -0.1) is 0 Å². The molecule has 0 unspecified atom stereocenters. The van der Waals surface area contributed by atoms with E-state index in [0.717, 1.165) is 49.4 Å². The zero-order valence-corrected chi connectivity index (χ0v) is 21.7. The van der Waals surface area contributed by atoms with Crippen LogP contribution in [0.5, 0.6) is 0 Å². The van der Waals surface area contributed by atoms with E-state index < -0.39 is 0 Å². The standard InChI is InChI=1S/C29H39N5O/c1-5-24-8-11-27(30-18-24)21-33(16-17-35-4)14-15-34(22-28-12-9-25(6-2)19-31-28)23-29-13-10-26(7-3)20-32-29/h8-15,18-20H,5-7,16-17,21-23H2,1-4H3. The predicted octanol–water partition coefficient (Wildman–Crippen LogP) is 5.18. The summed E-state index contributed by atoms with van der Waals surface area (Å²) >= 11 is 0. The Hall–Kier alpha value is -3.25. The van der Waals surface area contributed by atoms with Crippen LogP contribution in [-0.2, 0) is 43.6 Å². The summed E-state index contributed by atoms with van der Waals surface area (Å²) in [6.07, 6.45) is 13.2. The number of hydrogen-bond acceptors (Lipinski definition) is 6. The Morgan fingerprint density at radius 3 is 1.37 bits per heavy atom. The number of pyridine rings is 3. The van der Waals surface area contributed by atoms with Gasteiger partial charge < -0.3 is 14.5 Å². The number of aryl methyl sites for hydroxylation is 3. The van der Waals surface area contributed by atoms with Gasteiger partial charge in [-0.05, 0) is 54.2 Å². The normalized spacial score (nSPS) is 11.2. The highest BCUT2D eigenvalue weighted by Gasteiger charge is 2.08. The second-order valence-electron chi connectivity index (χ2n) is 8.70. The second-order valence-corrected chi connectivity index (χ2v) is 8.70. The summed E-state index contributed by atoms with van der Waals surface area (Å²) in [6, 6.07) is 12.8. The molecule has 0 spiro atoms. The Morgan fingerprint density at radius 1 is 0.629 bits per heavy atom. The molecular weight excluding hydrogens is 434 g/mol. The van der Waals surface area contributed by atoms with Crippen LogP contribution < -0.4 is 0 Å². The molecule has 0 bridgehead atoms. The highest BCUT2D eigenvalue weighted by Crippen LogP contribution is 2.12. The highest BCUT2D eigenvalue weighted by atomic mass is 16.5. The van der Waals surface area contributed by atoms with Gasteiger partial charge in [-0.3, -0.25) is 15.0 Å². The third kappa shape index (κ3) is 8.80. The Kier molecular flexibility index (Phi) is 10.7. The summed E-state index contributed by atoms with van der Waals surface area (Å²) in [5, 5.41) is 0. The average Bonchev–Trinajstić information content (AvgIpc) is 2.91. The zero-order chi connectivity index (χ0) is 24.9. The van der Waals surface area contributed by atoms with Crippen LogP contribution in [0.2, 0.25) is 0 Å². The van der Waals surface area contributed by atoms with E-state index in [4.69, 9.17) is 4.74 Å². The lowest BCUT2D eigenvalue weighted by Crippen LogP contribution is -2.24. The predicted molar refractivity (Wildman–Crippen MR) is 142 cm³/mol. The molecule has 3 rings (SSSR count). The van der Waals surface area contributed by atoms with E-state index in [2.05, 4.69) is 94.3 Å². The Labute approximate surface area is 210 Å². The molecule has 35 heavy (non-hydrogen) atoms. The van der Waals surface area contributed by atoms with Gasteiger partial charge in [0.1, 0.15) is 0 Å². The first-order valence-electron chi connectivity index (χ1n) is 12.6. The largest absolute Gasteiger partial charge is 0.383 e. The monoisotopic (exact) mass is 473 g/mol. The minimum atomic E-state index is 0.650. The summed E-state index contributed by atoms with van der Waals surface area (Å²) in [5.74, 6) is 0. The molecule has 0 amide bonds. The maximum atomic E-state index is 5.36. The smallest absolute Gasteiger partial charge is 0.0637 e. The average molecular weight is 474 g/mol. The molecule has 0 aromatic carbocycles. The molecule has 0 aliphatic heterocycles. The van der Waals surface area contributed by atoms with Crippen molar-refractivity contribution < 1.29 is 4.74 Å². The molecule has 6 nitrogen and oxygen atoms in total. The van der Waals surface area contributed by atoms with Gasteiger partial charge in [0.15, 0.2) is 0 Å². The fraction of sp³-hybridized carbons (Fsp3) is 0.414. The van der Waals surface area contributed by atoms with Crippen LogP contribution in [0.25, 0.3) is 0 Å². The Balaban J connectivity index is 1.77. The number of hydrogen-bond donors (Lipinski definition) is 0. The lowest BCUT2D eigenvalue weighted by atomic mass is 10.2. The topological polar surface area (TPSA) is 54.4 Å². The van der Waals surface area contributed by atoms with Crippen molar-refractivity contribution in [3.8, 4) is 0 Å². The van der Waals surface area contributed by atoms with E-state index in [9.17, 15) is 0 Å². The third-order valence-electron chi connectivity index (χ3n) is 6.05. The van der Waals surface area contributed by atoms with Crippen LogP contribution in [0.4, 0.5) is 0 Å². The minimum Gasteiger partial charge on any atom is -0.383 e. The quantitative estimate of drug-likeness (QED) is 0.322. The van der Waals surface area contributed by atoms with Crippen molar-refractivity contribution in [1.29, 1.82) is 0 Å². The van der Waals surface area contributed by atoms with Gasteiger partial charge >= 0.3 is 0 Å². The van der Waals surface area contributed by atoms with Gasteiger partial charge in [-0.1, -0.05) is 39.0 Å². The van der Waals surface area contributed by atoms with Gasteiger partial charge in [0.2, 0.25) is 0 Å². The Bertz CT molecular complexity index is 967. The van der Waals surface area contributed by atoms with Crippen molar-refractivity contribution in [3.63, 3.8) is 0 Å². The molecule has 0 radical (unpaired) electrons. The van der Waals surface area contributed by atoms with Gasteiger partial charge in [-0.25, -0.2) is 0 Å². The molecule has 0 aliphatic rings. The van der Waals surface area contributed by atoms with E-state index in [-0.39, 0.29) is 0 Å². The van der Waals surface area contributed by atoms with Gasteiger partial charge in [-0.2, -0.15) is 0 Å². The third-order valence-corrected chi connectivity index (χ3v) is 6.05. The lowest BCUT2D eigenvalue weighted by Gasteiger charge is -2.24. The van der Waals surface area contributed by atoms with Crippen molar-refractivity contribution in [2.45, 2.75) is 59.7 Å². The molecule has 3 aromatic rings. The van der Waals surface area contributed by atoms with Crippen molar-refractivity contribution in [2.75, 3.05) is 20.3 Å². The minimum absolute atomic E-state index is 0.650. The fourth-order valence-electron chi connectivity index (χ4n) is 3.66. The first kappa shape index (κ1) is 26.4. The first-order chi connectivity index (χ1) is 17.1. The van der Waals surface area contributed by atoms with Crippen LogP contribution in [-0.4, -0.2) is 45.0 Å². The van der Waals surface area contributed by atoms with E-state index >= 15 is 0 Å². The maximum Gasteiger partial charge on any atom is 0.0637 e. The van der Waals surface area contributed by atoms with E-state index in [1.54, 1.807) is 7.11 Å². The number of rotatable bonds is 14. The van der Waals surface area contributed by atoms with Crippen LogP contribution in [0.15, 0.2) is 67.4 Å². The molecule has 0 saturated carbocycles. The van der Waals surface area contributed by atoms with Crippen molar-refractivity contribution in [3.05, 3.63) is 101 Å². The van der Waals surface area contributed by atoms with Crippen LogP contribution in [0.3, 0.4) is 0 Å². The summed E-state index contributed by atoms with van der Waals surface area (Å²) in [5.41, 5.74) is 6.87. The molecule has 0 aliphatic carbocycles. The Morgan fingerprint density at radius 2 is 1.03 bits per heavy atom. The number of methoxy groups -OCH3 is 1. The molecule has 0 N–H and O–H groups in total. The molecule has 6 heteroatoms. The van der Waals surface area contributed by atoms with Crippen molar-refractivity contribution in [1.82, 2.24) is 24.8 Å². The van der Waals surface area contributed by atoms with E-state index in [0.29, 0.717) is 19.7 Å². The fourth-order valence-corrected chi connectivity index (χ4v) is 3.66. The number of aromatic nitrogens is 3. The van der Waals surface area contributed by atoms with Crippen molar-refractivity contribution >= 4 is 0 Å². The molecular formula is C29H39N5O. The maximum absolute atomic E-state index is 5.36. The number of nitrogens with zero attached hydrogens (tertiary/aromatic N) is 5. The summed E-state index contributed by atoms with van der Waals surface area (Å²) in [6.45, 7) is 10.0. The summed E-state index contributed by atoms with van der Waals surface area (Å²) in [4.78, 5) is 18.5. The highest BCUT2D eigenvalue weighted by molar-refractivity contribution is 5.17. The summed E-state index contributed by atoms with van der Waals surface area (Å²) in [7, 11) is 1.74. The second kappa shape index (κ2) is 14.2. The zero-order valence-electron chi connectivity index (χ0n) is 21.7. The van der Waals surface area contributed by atoms with Crippen LogP contribution in [0.1, 0.15) is 54.5 Å². The van der Waals surface area contributed by atoms with Gasteiger partial charge in [0.25, 0.3) is 0 Å². The van der Waals surface area contributed by atoms with Crippen LogP contribution >= 0.6 is 0 Å². The first-order valence-corrected chi connectivity index (χ1v) is 12.6. The SMILES string of the molecule is CCc1ccc(CN(C=CN(Cc2ccc(CC)cn2)Cc2ccc(CC)cn2)CCOC)nc1. The molecule has 186 valence electrons. The molecule has 3 heterocycles. The van der Waals surface area contributed by atoms with E-state index in [1.165, 1.54) is 16.7 Å². The number of ether oxygens (including phenoxy) is 1. The molecule has 3 aromatic heterocycles. The van der Waals surface area contributed by atoms with Crippen molar-refractivity contribution in [2.24, 2.45) is 0 Å². The molecule has 0 saturated heterocycles. The van der Waals surface area contributed by atoms with E-state index in [1.807, 2.05) is 18.6 Å².